The molecule has 21 heavy (non-hydrogen) atoms. The lowest BCUT2D eigenvalue weighted by molar-refractivity contribution is 0.0997. The first-order valence-electron chi connectivity index (χ1n) is 5.99. The number of rotatable bonds is 5. The van der Waals surface area contributed by atoms with Gasteiger partial charge in [-0.15, -0.1) is 0 Å². The summed E-state index contributed by atoms with van der Waals surface area (Å²) in [6, 6.07) is 11.9. The number of carbonyl (C=O) groups is 1. The van der Waals surface area contributed by atoms with Crippen LogP contribution in [0.3, 0.4) is 0 Å². The minimum Gasteiger partial charge on any atom is -0.464 e. The molecule has 0 aliphatic rings. The van der Waals surface area contributed by atoms with Crippen molar-refractivity contribution in [3.8, 4) is 5.75 Å². The molecule has 0 aliphatic heterocycles. The van der Waals surface area contributed by atoms with Crippen molar-refractivity contribution in [2.24, 2.45) is 5.73 Å². The van der Waals surface area contributed by atoms with Crippen LogP contribution in [0, 0.1) is 0 Å². The molecule has 0 aromatic heterocycles. The first-order chi connectivity index (χ1) is 9.98. The Morgan fingerprint density at radius 2 is 1.62 bits per heavy atom. The number of para-hydroxylation sites is 1. The van der Waals surface area contributed by atoms with Crippen LogP contribution in [0.25, 0.3) is 0 Å². The van der Waals surface area contributed by atoms with E-state index < -0.39 is 15.7 Å². The van der Waals surface area contributed by atoms with Crippen LogP contribution in [-0.2, 0) is 9.84 Å². The Morgan fingerprint density at radius 3 is 2.24 bits per heavy atom. The quantitative estimate of drug-likeness (QED) is 0.857. The fourth-order valence-corrected chi connectivity index (χ4v) is 3.47. The average Bonchev–Trinajstić information content (AvgIpc) is 2.48. The summed E-state index contributed by atoms with van der Waals surface area (Å²) in [5.41, 5.74) is 5.17. The summed E-state index contributed by atoms with van der Waals surface area (Å²) in [7, 11) is -3.94. The summed E-state index contributed by atoms with van der Waals surface area (Å²) >= 11 is 0. The van der Waals surface area contributed by atoms with Crippen LogP contribution in [0.15, 0.2) is 71.2 Å². The molecule has 0 aliphatic carbocycles. The predicted molar refractivity (Wildman–Crippen MR) is 77.7 cm³/mol. The van der Waals surface area contributed by atoms with E-state index in [9.17, 15) is 13.2 Å². The molecule has 1 amide bonds. The summed E-state index contributed by atoms with van der Waals surface area (Å²) in [6.45, 7) is 3.41. The van der Waals surface area contributed by atoms with E-state index >= 15 is 0 Å². The summed E-state index contributed by atoms with van der Waals surface area (Å²) < 4.78 is 30.6. The Hall–Kier alpha value is -2.60. The van der Waals surface area contributed by atoms with Gasteiger partial charge in [0.1, 0.15) is 10.6 Å². The molecule has 2 N–H and O–H groups in total. The topological polar surface area (TPSA) is 86.5 Å². The standard InChI is InChI=1S/C15H13NO4S/c1-2-20-12-8-4-6-10-14(12)21(18,19)13-9-5-3-7-11(13)15(16)17/h2-10H,1H2,(H2,16,17). The zero-order valence-corrected chi connectivity index (χ0v) is 11.8. The fraction of sp³-hybridized carbons (Fsp3) is 0. The smallest absolute Gasteiger partial charge is 0.250 e. The van der Waals surface area contributed by atoms with E-state index in [1.807, 2.05) is 0 Å². The van der Waals surface area contributed by atoms with Gasteiger partial charge in [0, 0.05) is 0 Å². The van der Waals surface area contributed by atoms with E-state index in [1.54, 1.807) is 18.2 Å². The number of carbonyl (C=O) groups excluding carboxylic acids is 1. The Bertz CT molecular complexity index is 797. The second-order valence-electron chi connectivity index (χ2n) is 4.10. The number of hydrogen-bond acceptors (Lipinski definition) is 4. The summed E-state index contributed by atoms with van der Waals surface area (Å²) in [4.78, 5) is 11.2. The zero-order valence-electron chi connectivity index (χ0n) is 11.0. The number of primary amides is 1. The Kier molecular flexibility index (Phi) is 4.09. The van der Waals surface area contributed by atoms with Crippen molar-refractivity contribution < 1.29 is 17.9 Å². The summed E-state index contributed by atoms with van der Waals surface area (Å²) in [5.74, 6) is -0.678. The molecule has 0 saturated carbocycles. The van der Waals surface area contributed by atoms with E-state index in [0.717, 1.165) is 6.26 Å². The van der Waals surface area contributed by atoms with E-state index in [4.69, 9.17) is 10.5 Å². The molecule has 2 rings (SSSR count). The SMILES string of the molecule is C=COc1ccccc1S(=O)(=O)c1ccccc1C(N)=O. The van der Waals surface area contributed by atoms with Gasteiger partial charge in [0.05, 0.1) is 16.7 Å². The lowest BCUT2D eigenvalue weighted by atomic mass is 10.2. The second kappa shape index (κ2) is 5.80. The van der Waals surface area contributed by atoms with Gasteiger partial charge in [-0.25, -0.2) is 8.42 Å². The average molecular weight is 303 g/mol. The van der Waals surface area contributed by atoms with Crippen LogP contribution in [0.2, 0.25) is 0 Å². The minimum atomic E-state index is -3.94. The number of hydrogen-bond donors (Lipinski definition) is 1. The van der Waals surface area contributed by atoms with Crippen molar-refractivity contribution in [2.45, 2.75) is 9.79 Å². The van der Waals surface area contributed by atoms with Crippen molar-refractivity contribution in [2.75, 3.05) is 0 Å². The van der Waals surface area contributed by atoms with Gasteiger partial charge in [0.15, 0.2) is 0 Å². The van der Waals surface area contributed by atoms with Crippen LogP contribution < -0.4 is 10.5 Å². The number of nitrogens with two attached hydrogens (primary N) is 1. The molecule has 0 fully saturated rings. The third-order valence-electron chi connectivity index (χ3n) is 2.79. The van der Waals surface area contributed by atoms with Gasteiger partial charge in [-0.1, -0.05) is 30.8 Å². The molecule has 108 valence electrons. The number of sulfone groups is 1. The van der Waals surface area contributed by atoms with Gasteiger partial charge >= 0.3 is 0 Å². The predicted octanol–water partition coefficient (Wildman–Crippen LogP) is 2.14. The van der Waals surface area contributed by atoms with Crippen molar-refractivity contribution in [1.82, 2.24) is 0 Å². The first kappa shape index (κ1) is 14.8. The third-order valence-corrected chi connectivity index (χ3v) is 4.64. The van der Waals surface area contributed by atoms with Gasteiger partial charge < -0.3 is 10.5 Å². The van der Waals surface area contributed by atoms with E-state index in [1.165, 1.54) is 30.3 Å². The van der Waals surface area contributed by atoms with E-state index in [0.29, 0.717) is 0 Å². The number of ether oxygens (including phenoxy) is 1. The first-order valence-corrected chi connectivity index (χ1v) is 7.47. The normalized spacial score (nSPS) is 10.9. The molecule has 0 radical (unpaired) electrons. The summed E-state index contributed by atoms with van der Waals surface area (Å²) in [6.07, 6.45) is 1.13. The maximum absolute atomic E-state index is 12.7. The minimum absolute atomic E-state index is 0.0569. The molecule has 0 spiro atoms. The highest BCUT2D eigenvalue weighted by atomic mass is 32.2. The van der Waals surface area contributed by atoms with Crippen molar-refractivity contribution in [1.29, 1.82) is 0 Å². The van der Waals surface area contributed by atoms with Crippen LogP contribution in [0.5, 0.6) is 5.75 Å². The maximum atomic E-state index is 12.7. The van der Waals surface area contributed by atoms with Crippen molar-refractivity contribution in [3.63, 3.8) is 0 Å². The van der Waals surface area contributed by atoms with Gasteiger partial charge in [-0.3, -0.25) is 4.79 Å². The van der Waals surface area contributed by atoms with Crippen LogP contribution in [0.4, 0.5) is 0 Å². The van der Waals surface area contributed by atoms with Gasteiger partial charge in [-0.05, 0) is 24.3 Å². The molecule has 0 saturated heterocycles. The van der Waals surface area contributed by atoms with E-state index in [2.05, 4.69) is 6.58 Å². The van der Waals surface area contributed by atoms with Crippen molar-refractivity contribution in [3.05, 3.63) is 66.9 Å². The van der Waals surface area contributed by atoms with Gasteiger partial charge in [0.2, 0.25) is 15.7 Å². The van der Waals surface area contributed by atoms with Gasteiger partial charge in [0.25, 0.3) is 0 Å². The van der Waals surface area contributed by atoms with Gasteiger partial charge in [-0.2, -0.15) is 0 Å². The number of amides is 1. The van der Waals surface area contributed by atoms with Crippen LogP contribution in [-0.4, -0.2) is 14.3 Å². The second-order valence-corrected chi connectivity index (χ2v) is 5.98. The highest BCUT2D eigenvalue weighted by molar-refractivity contribution is 7.91. The number of benzene rings is 2. The fourth-order valence-electron chi connectivity index (χ4n) is 1.88. The van der Waals surface area contributed by atoms with Crippen LogP contribution >= 0.6 is 0 Å². The highest BCUT2D eigenvalue weighted by Crippen LogP contribution is 2.30. The highest BCUT2D eigenvalue weighted by Gasteiger charge is 2.26. The Labute approximate surface area is 122 Å². The molecular weight excluding hydrogens is 290 g/mol. The van der Waals surface area contributed by atoms with Crippen LogP contribution in [0.1, 0.15) is 10.4 Å². The molecule has 0 atom stereocenters. The molecule has 0 heterocycles. The monoisotopic (exact) mass is 303 g/mol. The molecule has 6 heteroatoms. The molecule has 0 unspecified atom stereocenters. The zero-order chi connectivity index (χ0) is 15.5. The van der Waals surface area contributed by atoms with E-state index in [-0.39, 0.29) is 21.1 Å². The third kappa shape index (κ3) is 2.80. The lowest BCUT2D eigenvalue weighted by Gasteiger charge is -2.11. The Balaban J connectivity index is 2.69. The largest absolute Gasteiger partial charge is 0.464 e. The van der Waals surface area contributed by atoms with Crippen molar-refractivity contribution >= 4 is 15.7 Å². The lowest BCUT2D eigenvalue weighted by Crippen LogP contribution is -2.16. The molecule has 2 aromatic rings. The maximum Gasteiger partial charge on any atom is 0.250 e. The molecule has 5 nitrogen and oxygen atoms in total. The molecule has 0 bridgehead atoms. The Morgan fingerprint density at radius 1 is 1.05 bits per heavy atom. The molecular formula is C15H13NO4S. The summed E-state index contributed by atoms with van der Waals surface area (Å²) in [5, 5.41) is 0. The molecule has 2 aromatic carbocycles.